The number of benzene rings is 1. The third-order valence-electron chi connectivity index (χ3n) is 4.60. The number of alkyl carbamates (subject to hydrolysis) is 1. The zero-order valence-corrected chi connectivity index (χ0v) is 11.7. The summed E-state index contributed by atoms with van der Waals surface area (Å²) in [5, 5.41) is 2.98. The van der Waals surface area contributed by atoms with Gasteiger partial charge in [-0.25, -0.2) is 4.79 Å². The Morgan fingerprint density at radius 3 is 2.80 bits per heavy atom. The van der Waals surface area contributed by atoms with Gasteiger partial charge < -0.3 is 14.8 Å². The molecule has 0 aliphatic heterocycles. The second-order valence-corrected chi connectivity index (χ2v) is 5.81. The minimum atomic E-state index is -0.311. The van der Waals surface area contributed by atoms with E-state index in [2.05, 4.69) is 5.32 Å². The number of rotatable bonds is 4. The lowest BCUT2D eigenvalue weighted by Crippen LogP contribution is -2.38. The smallest absolute Gasteiger partial charge is 0.407 e. The quantitative estimate of drug-likeness (QED) is 0.919. The van der Waals surface area contributed by atoms with Crippen LogP contribution in [0.5, 0.6) is 0 Å². The number of fused-ring (bicyclic) bond motifs is 1. The van der Waals surface area contributed by atoms with Gasteiger partial charge in [-0.15, -0.1) is 0 Å². The number of hydrogen-bond donors (Lipinski definition) is 1. The third kappa shape index (κ3) is 2.80. The molecule has 0 bridgehead atoms. The van der Waals surface area contributed by atoms with Gasteiger partial charge in [0, 0.05) is 13.2 Å². The average Bonchev–Trinajstić information content (AvgIpc) is 2.76. The number of carbonyl (C=O) groups is 1. The molecule has 2 aliphatic rings. The SMILES string of the molecule is COC1C[C@@H]2CC(NC(=O)OCc3ccccc3)C[C@H]12. The molecule has 108 valence electrons. The van der Waals surface area contributed by atoms with Gasteiger partial charge in [-0.05, 0) is 36.7 Å². The molecule has 0 spiro atoms. The summed E-state index contributed by atoms with van der Waals surface area (Å²) in [5.41, 5.74) is 1.01. The molecule has 4 heteroatoms. The van der Waals surface area contributed by atoms with Crippen LogP contribution in [0, 0.1) is 11.8 Å². The van der Waals surface area contributed by atoms with Crippen LogP contribution in [0.15, 0.2) is 30.3 Å². The summed E-state index contributed by atoms with van der Waals surface area (Å²) in [5.74, 6) is 1.35. The van der Waals surface area contributed by atoms with Crippen LogP contribution in [0.4, 0.5) is 4.79 Å². The predicted octanol–water partition coefficient (Wildman–Crippen LogP) is 2.73. The largest absolute Gasteiger partial charge is 0.445 e. The van der Waals surface area contributed by atoms with Crippen molar-refractivity contribution < 1.29 is 14.3 Å². The van der Waals surface area contributed by atoms with Crippen molar-refractivity contribution in [1.82, 2.24) is 5.32 Å². The van der Waals surface area contributed by atoms with Crippen LogP contribution >= 0.6 is 0 Å². The molecule has 2 saturated carbocycles. The number of carbonyl (C=O) groups excluding carboxylic acids is 1. The predicted molar refractivity (Wildman–Crippen MR) is 75.2 cm³/mol. The fourth-order valence-electron chi connectivity index (χ4n) is 3.48. The maximum absolute atomic E-state index is 11.8. The molecule has 0 aromatic heterocycles. The number of ether oxygens (including phenoxy) is 2. The lowest BCUT2D eigenvalue weighted by atomic mass is 9.73. The molecule has 2 fully saturated rings. The maximum atomic E-state index is 11.8. The first-order valence-electron chi connectivity index (χ1n) is 7.26. The summed E-state index contributed by atoms with van der Waals surface area (Å²) in [6.07, 6.45) is 3.30. The molecule has 1 aromatic rings. The zero-order valence-electron chi connectivity index (χ0n) is 11.7. The van der Waals surface area contributed by atoms with E-state index in [9.17, 15) is 4.79 Å². The van der Waals surface area contributed by atoms with E-state index in [1.807, 2.05) is 30.3 Å². The van der Waals surface area contributed by atoms with Crippen LogP contribution in [0.3, 0.4) is 0 Å². The number of amides is 1. The Balaban J connectivity index is 1.42. The average molecular weight is 275 g/mol. The molecule has 4 nitrogen and oxygen atoms in total. The van der Waals surface area contributed by atoms with E-state index in [1.165, 1.54) is 0 Å². The Morgan fingerprint density at radius 2 is 2.05 bits per heavy atom. The summed E-state index contributed by atoms with van der Waals surface area (Å²) in [7, 11) is 1.77. The number of hydrogen-bond acceptors (Lipinski definition) is 3. The molecule has 0 saturated heterocycles. The summed E-state index contributed by atoms with van der Waals surface area (Å²) in [4.78, 5) is 11.8. The third-order valence-corrected chi connectivity index (χ3v) is 4.60. The maximum Gasteiger partial charge on any atom is 0.407 e. The van der Waals surface area contributed by atoms with Crippen LogP contribution in [0.2, 0.25) is 0 Å². The molecule has 1 N–H and O–H groups in total. The normalized spacial score (nSPS) is 31.2. The van der Waals surface area contributed by atoms with Gasteiger partial charge >= 0.3 is 6.09 Å². The lowest BCUT2D eigenvalue weighted by molar-refractivity contribution is -0.0477. The van der Waals surface area contributed by atoms with E-state index < -0.39 is 0 Å². The standard InChI is InChI=1S/C16H21NO3/c1-19-15-8-12-7-13(9-14(12)15)17-16(18)20-10-11-5-3-2-4-6-11/h2-6,12-15H,7-10H2,1H3,(H,17,18)/t12-,13?,14-,15?/m0/s1. The van der Waals surface area contributed by atoms with Crippen molar-refractivity contribution in [2.24, 2.45) is 11.8 Å². The highest BCUT2D eigenvalue weighted by molar-refractivity contribution is 5.67. The minimum Gasteiger partial charge on any atom is -0.445 e. The molecule has 2 unspecified atom stereocenters. The first-order chi connectivity index (χ1) is 9.76. The van der Waals surface area contributed by atoms with Crippen molar-refractivity contribution in [3.8, 4) is 0 Å². The molecular weight excluding hydrogens is 254 g/mol. The Bertz CT molecular complexity index is 462. The van der Waals surface area contributed by atoms with Crippen LogP contribution in [0.1, 0.15) is 24.8 Å². The summed E-state index contributed by atoms with van der Waals surface area (Å²) < 4.78 is 10.7. The Hall–Kier alpha value is -1.55. The summed E-state index contributed by atoms with van der Waals surface area (Å²) >= 11 is 0. The first-order valence-corrected chi connectivity index (χ1v) is 7.26. The van der Waals surface area contributed by atoms with E-state index >= 15 is 0 Å². The zero-order chi connectivity index (χ0) is 13.9. The molecule has 0 heterocycles. The van der Waals surface area contributed by atoms with Crippen molar-refractivity contribution in [3.63, 3.8) is 0 Å². The fraction of sp³-hybridized carbons (Fsp3) is 0.562. The van der Waals surface area contributed by atoms with E-state index in [4.69, 9.17) is 9.47 Å². The Labute approximate surface area is 119 Å². The van der Waals surface area contributed by atoms with Crippen molar-refractivity contribution in [3.05, 3.63) is 35.9 Å². The Kier molecular flexibility index (Phi) is 3.92. The van der Waals surface area contributed by atoms with Crippen molar-refractivity contribution in [1.29, 1.82) is 0 Å². The van der Waals surface area contributed by atoms with E-state index in [-0.39, 0.29) is 12.1 Å². The van der Waals surface area contributed by atoms with Crippen LogP contribution in [-0.2, 0) is 16.1 Å². The van der Waals surface area contributed by atoms with Gasteiger partial charge in [0.25, 0.3) is 0 Å². The first kappa shape index (κ1) is 13.4. The van der Waals surface area contributed by atoms with Gasteiger partial charge in [0.2, 0.25) is 0 Å². The molecule has 20 heavy (non-hydrogen) atoms. The van der Waals surface area contributed by atoms with Gasteiger partial charge in [0.05, 0.1) is 6.10 Å². The highest BCUT2D eigenvalue weighted by Crippen LogP contribution is 2.48. The molecular formula is C16H21NO3. The lowest BCUT2D eigenvalue weighted by Gasteiger charge is -2.38. The van der Waals surface area contributed by atoms with Crippen LogP contribution in [-0.4, -0.2) is 25.3 Å². The fourth-order valence-corrected chi connectivity index (χ4v) is 3.48. The van der Waals surface area contributed by atoms with Crippen molar-refractivity contribution >= 4 is 6.09 Å². The van der Waals surface area contributed by atoms with E-state index in [1.54, 1.807) is 7.11 Å². The van der Waals surface area contributed by atoms with Gasteiger partial charge in [-0.2, -0.15) is 0 Å². The topological polar surface area (TPSA) is 47.6 Å². The molecule has 4 atom stereocenters. The second-order valence-electron chi connectivity index (χ2n) is 5.81. The molecule has 0 radical (unpaired) electrons. The second kappa shape index (κ2) is 5.83. The van der Waals surface area contributed by atoms with E-state index in [0.29, 0.717) is 18.6 Å². The van der Waals surface area contributed by atoms with E-state index in [0.717, 1.165) is 30.7 Å². The minimum absolute atomic E-state index is 0.244. The summed E-state index contributed by atoms with van der Waals surface area (Å²) in [6.45, 7) is 0.326. The van der Waals surface area contributed by atoms with Crippen molar-refractivity contribution in [2.45, 2.75) is 38.0 Å². The van der Waals surface area contributed by atoms with Crippen LogP contribution < -0.4 is 5.32 Å². The molecule has 3 rings (SSSR count). The van der Waals surface area contributed by atoms with Gasteiger partial charge in [-0.3, -0.25) is 0 Å². The molecule has 1 amide bonds. The van der Waals surface area contributed by atoms with Gasteiger partial charge in [-0.1, -0.05) is 30.3 Å². The monoisotopic (exact) mass is 275 g/mol. The van der Waals surface area contributed by atoms with Crippen LogP contribution in [0.25, 0.3) is 0 Å². The number of nitrogens with one attached hydrogen (secondary N) is 1. The molecule has 2 aliphatic carbocycles. The summed E-state index contributed by atoms with van der Waals surface area (Å²) in [6, 6.07) is 9.97. The van der Waals surface area contributed by atoms with Gasteiger partial charge in [0.1, 0.15) is 6.61 Å². The highest BCUT2D eigenvalue weighted by Gasteiger charge is 2.48. The van der Waals surface area contributed by atoms with Crippen molar-refractivity contribution in [2.75, 3.05) is 7.11 Å². The highest BCUT2D eigenvalue weighted by atomic mass is 16.5. The number of methoxy groups -OCH3 is 1. The van der Waals surface area contributed by atoms with Gasteiger partial charge in [0.15, 0.2) is 0 Å². The molecule has 1 aromatic carbocycles. The Morgan fingerprint density at radius 1 is 1.25 bits per heavy atom.